The summed E-state index contributed by atoms with van der Waals surface area (Å²) in [5.41, 5.74) is 2.05. The van der Waals surface area contributed by atoms with Gasteiger partial charge in [-0.2, -0.15) is 0 Å². The lowest BCUT2D eigenvalue weighted by Crippen LogP contribution is -2.37. The molecule has 1 fully saturated rings. The van der Waals surface area contributed by atoms with Gasteiger partial charge in [-0.15, -0.1) is 0 Å². The highest BCUT2D eigenvalue weighted by atomic mass is 16.2. The molecule has 1 aromatic carbocycles. The number of carbonyl (C=O) groups is 1. The van der Waals surface area contributed by atoms with Gasteiger partial charge in [-0.05, 0) is 56.8 Å². The summed E-state index contributed by atoms with van der Waals surface area (Å²) in [5, 5.41) is 6.25. The van der Waals surface area contributed by atoms with Crippen LogP contribution in [0.3, 0.4) is 0 Å². The molecule has 4 nitrogen and oxygen atoms in total. The standard InChI is InChI=1S/C17H27N3O/c1-4-10-20(12-14-8-9-14)17(21)19-16-7-5-6-15(11-16)13(2)18-3/h5-7,11,13-14,18H,4,8-10,12H2,1-3H3,(H,19,21). The summed E-state index contributed by atoms with van der Waals surface area (Å²) in [7, 11) is 1.94. The second-order valence-electron chi connectivity index (χ2n) is 5.96. The SMILES string of the molecule is CCCN(CC1CC1)C(=O)Nc1cccc(C(C)NC)c1. The summed E-state index contributed by atoms with van der Waals surface area (Å²) in [6.45, 7) is 5.95. The van der Waals surface area contributed by atoms with E-state index in [-0.39, 0.29) is 12.1 Å². The summed E-state index contributed by atoms with van der Waals surface area (Å²) in [6, 6.07) is 8.36. The highest BCUT2D eigenvalue weighted by Crippen LogP contribution is 2.30. The Labute approximate surface area is 127 Å². The Morgan fingerprint density at radius 1 is 1.43 bits per heavy atom. The smallest absolute Gasteiger partial charge is 0.321 e. The van der Waals surface area contributed by atoms with Gasteiger partial charge in [0.25, 0.3) is 0 Å². The Bertz CT molecular complexity index is 471. The van der Waals surface area contributed by atoms with E-state index in [0.29, 0.717) is 0 Å². The van der Waals surface area contributed by atoms with Crippen LogP contribution in [0, 0.1) is 5.92 Å². The molecular weight excluding hydrogens is 262 g/mol. The summed E-state index contributed by atoms with van der Waals surface area (Å²) in [6.07, 6.45) is 3.53. The molecule has 0 bridgehead atoms. The van der Waals surface area contributed by atoms with Crippen LogP contribution in [0.15, 0.2) is 24.3 Å². The number of amides is 2. The van der Waals surface area contributed by atoms with Crippen LogP contribution in [-0.4, -0.2) is 31.1 Å². The van der Waals surface area contributed by atoms with Crippen LogP contribution in [0.4, 0.5) is 10.5 Å². The molecule has 4 heteroatoms. The van der Waals surface area contributed by atoms with Crippen LogP contribution in [0.2, 0.25) is 0 Å². The number of carbonyl (C=O) groups excluding carboxylic acids is 1. The molecule has 2 amide bonds. The fourth-order valence-electron chi connectivity index (χ4n) is 2.41. The van der Waals surface area contributed by atoms with Crippen molar-refractivity contribution in [2.24, 2.45) is 5.92 Å². The van der Waals surface area contributed by atoms with Crippen molar-refractivity contribution in [2.45, 2.75) is 39.2 Å². The third-order valence-electron chi connectivity index (χ3n) is 4.03. The van der Waals surface area contributed by atoms with Gasteiger partial charge in [0, 0.05) is 24.8 Å². The van der Waals surface area contributed by atoms with Crippen LogP contribution in [0.25, 0.3) is 0 Å². The maximum atomic E-state index is 12.4. The lowest BCUT2D eigenvalue weighted by atomic mass is 10.1. The summed E-state index contributed by atoms with van der Waals surface area (Å²) < 4.78 is 0. The Morgan fingerprint density at radius 3 is 2.81 bits per heavy atom. The predicted octanol–water partition coefficient (Wildman–Crippen LogP) is 3.62. The third kappa shape index (κ3) is 4.74. The number of nitrogens with zero attached hydrogens (tertiary/aromatic N) is 1. The van der Waals surface area contributed by atoms with Gasteiger partial charge in [-0.25, -0.2) is 4.79 Å². The average molecular weight is 289 g/mol. The quantitative estimate of drug-likeness (QED) is 0.805. The Balaban J connectivity index is 1.99. The second-order valence-corrected chi connectivity index (χ2v) is 5.96. The first kappa shape index (κ1) is 15.8. The van der Waals surface area contributed by atoms with Gasteiger partial charge in [0.15, 0.2) is 0 Å². The molecule has 0 aliphatic heterocycles. The Morgan fingerprint density at radius 2 is 2.19 bits per heavy atom. The van der Waals surface area contributed by atoms with E-state index in [9.17, 15) is 4.79 Å². The first-order chi connectivity index (χ1) is 10.1. The second kappa shape index (κ2) is 7.46. The fourth-order valence-corrected chi connectivity index (χ4v) is 2.41. The number of nitrogens with one attached hydrogen (secondary N) is 2. The molecule has 1 saturated carbocycles. The van der Waals surface area contributed by atoms with E-state index in [1.165, 1.54) is 18.4 Å². The molecule has 1 atom stereocenters. The predicted molar refractivity (Wildman–Crippen MR) is 87.5 cm³/mol. The maximum absolute atomic E-state index is 12.4. The van der Waals surface area contributed by atoms with Crippen LogP contribution in [-0.2, 0) is 0 Å². The van der Waals surface area contributed by atoms with E-state index < -0.39 is 0 Å². The average Bonchev–Trinajstić information content (AvgIpc) is 3.30. The minimum absolute atomic E-state index is 0.0259. The Hall–Kier alpha value is -1.55. The lowest BCUT2D eigenvalue weighted by molar-refractivity contribution is 0.209. The van der Waals surface area contributed by atoms with Crippen LogP contribution < -0.4 is 10.6 Å². The molecule has 0 spiro atoms. The van der Waals surface area contributed by atoms with Crippen LogP contribution >= 0.6 is 0 Å². The number of urea groups is 1. The molecule has 0 saturated heterocycles. The van der Waals surface area contributed by atoms with E-state index in [1.54, 1.807) is 0 Å². The summed E-state index contributed by atoms with van der Waals surface area (Å²) >= 11 is 0. The van der Waals surface area contributed by atoms with Crippen molar-refractivity contribution in [1.29, 1.82) is 0 Å². The molecule has 1 aliphatic carbocycles. The maximum Gasteiger partial charge on any atom is 0.321 e. The minimum Gasteiger partial charge on any atom is -0.324 e. The van der Waals surface area contributed by atoms with Crippen LogP contribution in [0.1, 0.15) is 44.7 Å². The van der Waals surface area contributed by atoms with Crippen molar-refractivity contribution in [3.05, 3.63) is 29.8 Å². The molecule has 1 aromatic rings. The van der Waals surface area contributed by atoms with Gasteiger partial charge in [0.2, 0.25) is 0 Å². The number of anilines is 1. The summed E-state index contributed by atoms with van der Waals surface area (Å²) in [5.74, 6) is 0.720. The lowest BCUT2D eigenvalue weighted by Gasteiger charge is -2.23. The largest absolute Gasteiger partial charge is 0.324 e. The molecule has 2 N–H and O–H groups in total. The van der Waals surface area contributed by atoms with E-state index in [1.807, 2.05) is 30.1 Å². The molecule has 0 aromatic heterocycles. The molecule has 1 aliphatic rings. The van der Waals surface area contributed by atoms with E-state index in [4.69, 9.17) is 0 Å². The zero-order chi connectivity index (χ0) is 15.2. The van der Waals surface area contributed by atoms with E-state index >= 15 is 0 Å². The zero-order valence-corrected chi connectivity index (χ0v) is 13.4. The zero-order valence-electron chi connectivity index (χ0n) is 13.4. The number of benzene rings is 1. The molecular formula is C17H27N3O. The first-order valence-corrected chi connectivity index (χ1v) is 7.97. The van der Waals surface area contributed by atoms with Gasteiger partial charge in [0.05, 0.1) is 0 Å². The number of rotatable bonds is 7. The van der Waals surface area contributed by atoms with Gasteiger partial charge in [-0.1, -0.05) is 19.1 Å². The van der Waals surface area contributed by atoms with E-state index in [0.717, 1.165) is 31.1 Å². The monoisotopic (exact) mass is 289 g/mol. The van der Waals surface area contributed by atoms with E-state index in [2.05, 4.69) is 30.5 Å². The third-order valence-corrected chi connectivity index (χ3v) is 4.03. The molecule has 2 rings (SSSR count). The normalized spacial score (nSPS) is 15.6. The molecule has 21 heavy (non-hydrogen) atoms. The highest BCUT2D eigenvalue weighted by Gasteiger charge is 2.26. The molecule has 0 heterocycles. The minimum atomic E-state index is 0.0259. The molecule has 0 radical (unpaired) electrons. The fraction of sp³-hybridized carbons (Fsp3) is 0.588. The van der Waals surface area contributed by atoms with Gasteiger partial charge in [-0.3, -0.25) is 0 Å². The van der Waals surface area contributed by atoms with Gasteiger partial charge >= 0.3 is 6.03 Å². The van der Waals surface area contributed by atoms with Crippen molar-refractivity contribution >= 4 is 11.7 Å². The van der Waals surface area contributed by atoms with Gasteiger partial charge < -0.3 is 15.5 Å². The Kier molecular flexibility index (Phi) is 5.62. The van der Waals surface area contributed by atoms with Crippen molar-refractivity contribution < 1.29 is 4.79 Å². The van der Waals surface area contributed by atoms with Crippen molar-refractivity contribution in [1.82, 2.24) is 10.2 Å². The molecule has 1 unspecified atom stereocenters. The molecule has 116 valence electrons. The topological polar surface area (TPSA) is 44.4 Å². The van der Waals surface area contributed by atoms with Gasteiger partial charge in [0.1, 0.15) is 0 Å². The summed E-state index contributed by atoms with van der Waals surface area (Å²) in [4.78, 5) is 14.4. The number of hydrogen-bond acceptors (Lipinski definition) is 2. The van der Waals surface area contributed by atoms with Crippen molar-refractivity contribution in [2.75, 3.05) is 25.5 Å². The van der Waals surface area contributed by atoms with Crippen molar-refractivity contribution in [3.63, 3.8) is 0 Å². The first-order valence-electron chi connectivity index (χ1n) is 7.97. The van der Waals surface area contributed by atoms with Crippen LogP contribution in [0.5, 0.6) is 0 Å². The van der Waals surface area contributed by atoms with Crippen molar-refractivity contribution in [3.8, 4) is 0 Å². The highest BCUT2D eigenvalue weighted by molar-refractivity contribution is 5.89. The number of hydrogen-bond donors (Lipinski definition) is 2.